The van der Waals surface area contributed by atoms with Crippen LogP contribution in [0.25, 0.3) is 0 Å². The number of benzene rings is 1. The summed E-state index contributed by atoms with van der Waals surface area (Å²) in [5.41, 5.74) is 5.01. The van der Waals surface area contributed by atoms with E-state index in [2.05, 4.69) is 0 Å². The van der Waals surface area contributed by atoms with Crippen molar-refractivity contribution in [1.82, 2.24) is 0 Å². The molecule has 0 unspecified atom stereocenters. The number of fused-ring (bicyclic) bond motifs is 1. The van der Waals surface area contributed by atoms with Crippen LogP contribution in [0.2, 0.25) is 0 Å². The molecule has 0 radical (unpaired) electrons. The first-order valence-corrected chi connectivity index (χ1v) is 9.71. The lowest BCUT2D eigenvalue weighted by Crippen LogP contribution is -2.04. The number of allylic oxidation sites excluding steroid dienone is 1. The van der Waals surface area contributed by atoms with E-state index < -0.39 is 14.3 Å². The monoisotopic (exact) mass is 368 g/mol. The van der Waals surface area contributed by atoms with Gasteiger partial charge in [0.2, 0.25) is 0 Å². The van der Waals surface area contributed by atoms with E-state index in [0.29, 0.717) is 25.0 Å². The number of carbonyl (C=O) groups is 1. The van der Waals surface area contributed by atoms with E-state index in [9.17, 15) is 9.90 Å². The van der Waals surface area contributed by atoms with Gasteiger partial charge in [0.25, 0.3) is 0 Å². The Bertz CT molecular complexity index is 681. The van der Waals surface area contributed by atoms with Crippen molar-refractivity contribution in [3.8, 4) is 5.75 Å². The third-order valence-corrected chi connectivity index (χ3v) is 4.91. The van der Waals surface area contributed by atoms with E-state index in [1.54, 1.807) is 0 Å². The molecule has 0 bridgehead atoms. The minimum atomic E-state index is -2.02. The number of phenolic OH excluding ortho intramolecular Hbond substituents is 1. The van der Waals surface area contributed by atoms with Gasteiger partial charge in [-0.25, -0.2) is 4.79 Å². The number of carbonyl (C=O) groups excluding carboxylic acids is 1. The predicted molar refractivity (Wildman–Crippen MR) is 95.6 cm³/mol. The Labute approximate surface area is 149 Å². The molecule has 1 aromatic carbocycles. The Kier molecular flexibility index (Phi) is 6.96. The summed E-state index contributed by atoms with van der Waals surface area (Å²) in [5, 5.41) is 10.6. The number of cyclic esters (lactones) is 1. The molecule has 0 aromatic heterocycles. The van der Waals surface area contributed by atoms with E-state index in [0.717, 1.165) is 34.2 Å². The molecule has 0 saturated heterocycles. The van der Waals surface area contributed by atoms with Crippen molar-refractivity contribution in [1.29, 1.82) is 0 Å². The molecule has 1 aliphatic heterocycles. The lowest BCUT2D eigenvalue weighted by atomic mass is 9.89. The predicted octanol–water partition coefficient (Wildman–Crippen LogP) is 3.08. The summed E-state index contributed by atoms with van der Waals surface area (Å²) in [6, 6.07) is 0. The number of phenols is 1. The zero-order chi connectivity index (χ0) is 18.6. The highest BCUT2D eigenvalue weighted by molar-refractivity contribution is 7.44. The quantitative estimate of drug-likeness (QED) is 0.282. The van der Waals surface area contributed by atoms with E-state index in [-0.39, 0.29) is 18.7 Å². The van der Waals surface area contributed by atoms with Gasteiger partial charge in [-0.15, -0.1) is 0 Å². The number of rotatable bonds is 8. The molecule has 3 N–H and O–H groups in total. The second-order valence-electron chi connectivity index (χ2n) is 6.13. The first-order valence-electron chi connectivity index (χ1n) is 8.28. The normalized spacial score (nSPS) is 14.2. The van der Waals surface area contributed by atoms with Gasteiger partial charge in [-0.2, -0.15) is 0 Å². The summed E-state index contributed by atoms with van der Waals surface area (Å²) in [4.78, 5) is 29.5. The number of ether oxygens (including phenoxy) is 2. The molecule has 0 amide bonds. The molecular formula is C18H25O6P. The molecule has 1 heterocycles. The van der Waals surface area contributed by atoms with E-state index in [1.165, 1.54) is 0 Å². The van der Waals surface area contributed by atoms with Gasteiger partial charge >= 0.3 is 5.97 Å². The van der Waals surface area contributed by atoms with Crippen LogP contribution in [0.1, 0.15) is 52.9 Å². The van der Waals surface area contributed by atoms with E-state index in [1.807, 2.05) is 26.8 Å². The van der Waals surface area contributed by atoms with E-state index in [4.69, 9.17) is 19.3 Å². The van der Waals surface area contributed by atoms with Crippen LogP contribution in [0, 0.1) is 6.92 Å². The third-order valence-electron chi connectivity index (χ3n) is 4.50. The smallest absolute Gasteiger partial charge is 0.342 e. The molecule has 1 aromatic rings. The average Bonchev–Trinajstić information content (AvgIpc) is 2.95. The first kappa shape index (κ1) is 19.9. The van der Waals surface area contributed by atoms with Gasteiger partial charge in [0.15, 0.2) is 8.38 Å². The van der Waals surface area contributed by atoms with Crippen LogP contribution in [0.15, 0.2) is 11.6 Å². The second-order valence-corrected chi connectivity index (χ2v) is 7.13. The summed E-state index contributed by atoms with van der Waals surface area (Å²) in [6.07, 6.45) is 3.91. The minimum Gasteiger partial charge on any atom is -0.507 e. The maximum atomic E-state index is 11.9. The van der Waals surface area contributed by atoms with Crippen molar-refractivity contribution in [2.24, 2.45) is 0 Å². The van der Waals surface area contributed by atoms with Crippen molar-refractivity contribution in [2.45, 2.75) is 46.6 Å². The van der Waals surface area contributed by atoms with Crippen LogP contribution >= 0.6 is 8.38 Å². The Morgan fingerprint density at radius 3 is 2.72 bits per heavy atom. The zero-order valence-corrected chi connectivity index (χ0v) is 15.7. The molecule has 7 heteroatoms. The lowest BCUT2D eigenvalue weighted by molar-refractivity contribution is 0.0533. The Morgan fingerprint density at radius 2 is 2.08 bits per heavy atom. The number of hydrogen-bond acceptors (Lipinski definition) is 6. The summed E-state index contributed by atoms with van der Waals surface area (Å²) in [5.74, 6) is -0.426. The first-order chi connectivity index (χ1) is 11.9. The van der Waals surface area contributed by atoms with E-state index >= 15 is 0 Å². The molecule has 138 valence electrons. The van der Waals surface area contributed by atoms with Crippen LogP contribution in [0.4, 0.5) is 0 Å². The maximum absolute atomic E-state index is 11.9. The molecule has 0 aliphatic carbocycles. The molecule has 6 nitrogen and oxygen atoms in total. The van der Waals surface area contributed by atoms with Gasteiger partial charge in [0, 0.05) is 11.1 Å². The summed E-state index contributed by atoms with van der Waals surface area (Å²) in [7, 11) is -2.02. The summed E-state index contributed by atoms with van der Waals surface area (Å²) >= 11 is 0. The van der Waals surface area contributed by atoms with Crippen molar-refractivity contribution < 1.29 is 29.2 Å². The Hall–Kier alpha value is -1.46. The highest BCUT2D eigenvalue weighted by atomic mass is 31.2. The van der Waals surface area contributed by atoms with Crippen molar-refractivity contribution >= 4 is 14.3 Å². The molecule has 0 spiro atoms. The molecule has 2 rings (SSSR count). The van der Waals surface area contributed by atoms with Crippen LogP contribution < -0.4 is 0 Å². The highest BCUT2D eigenvalue weighted by Crippen LogP contribution is 2.38. The Balaban J connectivity index is 2.16. The van der Waals surface area contributed by atoms with Gasteiger partial charge in [-0.05, 0) is 44.2 Å². The summed E-state index contributed by atoms with van der Waals surface area (Å²) < 4.78 is 10.2. The third kappa shape index (κ3) is 4.59. The van der Waals surface area contributed by atoms with Gasteiger partial charge in [-0.1, -0.05) is 18.6 Å². The average molecular weight is 368 g/mol. The molecular weight excluding hydrogens is 343 g/mol. The largest absolute Gasteiger partial charge is 0.507 e. The molecule has 1 aliphatic rings. The van der Waals surface area contributed by atoms with Crippen molar-refractivity contribution in [3.05, 3.63) is 39.5 Å². The molecule has 0 fully saturated rings. The zero-order valence-electron chi connectivity index (χ0n) is 14.8. The number of esters is 1. The fraction of sp³-hybridized carbons (Fsp3) is 0.500. The van der Waals surface area contributed by atoms with Crippen molar-refractivity contribution in [2.75, 3.05) is 13.0 Å². The SMILES string of the molecule is CCc1c(C)c2c(c(O)c1C/C=C(\C)CCOCP(O)O)C(=O)OC2. The highest BCUT2D eigenvalue weighted by Gasteiger charge is 2.30. The topological polar surface area (TPSA) is 96.2 Å². The standard InChI is InChI=1S/C18H25O6P/c1-4-13-12(3)15-9-24-18(20)16(15)17(19)14(13)6-5-11(2)7-8-23-10-25(21)22/h5,19,21-22H,4,6-10H2,1-3H3/b11-5+. The Morgan fingerprint density at radius 1 is 1.36 bits per heavy atom. The van der Waals surface area contributed by atoms with Gasteiger partial charge in [0.05, 0.1) is 6.61 Å². The maximum Gasteiger partial charge on any atom is 0.342 e. The van der Waals surface area contributed by atoms with Crippen molar-refractivity contribution in [3.63, 3.8) is 0 Å². The summed E-state index contributed by atoms with van der Waals surface area (Å²) in [6.45, 7) is 6.59. The molecule has 0 saturated carbocycles. The second kappa shape index (κ2) is 8.77. The lowest BCUT2D eigenvalue weighted by Gasteiger charge is -2.16. The number of aromatic hydroxyl groups is 1. The van der Waals surface area contributed by atoms with Crippen LogP contribution in [-0.4, -0.2) is 33.8 Å². The van der Waals surface area contributed by atoms with Crippen LogP contribution in [0.3, 0.4) is 0 Å². The fourth-order valence-electron chi connectivity index (χ4n) is 3.10. The molecule has 25 heavy (non-hydrogen) atoms. The van der Waals surface area contributed by atoms with Crippen LogP contribution in [-0.2, 0) is 28.9 Å². The number of hydrogen-bond donors (Lipinski definition) is 3. The molecule has 0 atom stereocenters. The van der Waals surface area contributed by atoms with Crippen LogP contribution in [0.5, 0.6) is 5.75 Å². The van der Waals surface area contributed by atoms with Gasteiger partial charge < -0.3 is 24.4 Å². The minimum absolute atomic E-state index is 0.0338. The van der Waals surface area contributed by atoms with Gasteiger partial charge in [0.1, 0.15) is 24.3 Å². The van der Waals surface area contributed by atoms with Gasteiger partial charge in [-0.3, -0.25) is 0 Å². The fourth-order valence-corrected chi connectivity index (χ4v) is 3.39.